The molecule has 0 aromatic carbocycles. The van der Waals surface area contributed by atoms with E-state index < -0.39 is 5.97 Å². The average Bonchev–Trinajstić information content (AvgIpc) is 2.24. The molecule has 1 unspecified atom stereocenters. The van der Waals surface area contributed by atoms with Crippen LogP contribution in [0, 0.1) is 0 Å². The molecule has 100 valence electrons. The molecule has 0 aliphatic heterocycles. The van der Waals surface area contributed by atoms with Crippen LogP contribution in [0.4, 0.5) is 0 Å². The van der Waals surface area contributed by atoms with Crippen LogP contribution in [0.3, 0.4) is 0 Å². The van der Waals surface area contributed by atoms with Crippen molar-refractivity contribution in [3.05, 3.63) is 0 Å². The van der Waals surface area contributed by atoms with E-state index in [0.717, 1.165) is 0 Å². The first kappa shape index (κ1) is 15.9. The Morgan fingerprint density at radius 1 is 1.47 bits per heavy atom. The quantitative estimate of drug-likeness (QED) is 0.595. The summed E-state index contributed by atoms with van der Waals surface area (Å²) in [4.78, 5) is 23.8. The summed E-state index contributed by atoms with van der Waals surface area (Å²) < 4.78 is 4.91. The third-order valence-electron chi connectivity index (χ3n) is 2.28. The predicted molar refractivity (Wildman–Crippen MR) is 63.8 cm³/mol. The van der Waals surface area contributed by atoms with Gasteiger partial charge in [-0.2, -0.15) is 0 Å². The maximum atomic E-state index is 11.6. The Hall–Kier alpha value is -1.14. The van der Waals surface area contributed by atoms with E-state index in [-0.39, 0.29) is 24.9 Å². The normalized spacial score (nSPS) is 12.5. The number of nitrogens with zero attached hydrogens (tertiary/aromatic N) is 1. The van der Waals surface area contributed by atoms with Crippen LogP contribution >= 0.6 is 0 Å². The number of carbonyl (C=O) groups is 2. The number of likely N-dealkylation sites (N-methyl/N-ethyl adjacent to an activating group) is 1. The van der Waals surface area contributed by atoms with Crippen LogP contribution in [-0.4, -0.2) is 61.3 Å². The van der Waals surface area contributed by atoms with Gasteiger partial charge in [0, 0.05) is 19.7 Å². The molecule has 0 spiro atoms. The van der Waals surface area contributed by atoms with Gasteiger partial charge in [0.1, 0.15) is 0 Å². The minimum Gasteiger partial charge on any atom is -0.481 e. The molecule has 2 N–H and O–H groups in total. The largest absolute Gasteiger partial charge is 0.481 e. The van der Waals surface area contributed by atoms with E-state index in [1.54, 1.807) is 12.0 Å². The molecule has 0 aromatic heterocycles. The van der Waals surface area contributed by atoms with E-state index in [0.29, 0.717) is 19.7 Å². The zero-order valence-corrected chi connectivity index (χ0v) is 10.7. The van der Waals surface area contributed by atoms with Gasteiger partial charge in [0.2, 0.25) is 5.91 Å². The Labute approximate surface area is 102 Å². The molecule has 0 saturated heterocycles. The molecule has 0 aliphatic carbocycles. The van der Waals surface area contributed by atoms with Gasteiger partial charge in [0.05, 0.1) is 19.6 Å². The Bertz CT molecular complexity index is 246. The maximum Gasteiger partial charge on any atom is 0.304 e. The molecule has 0 fully saturated rings. The number of methoxy groups -OCH3 is 1. The van der Waals surface area contributed by atoms with Crippen LogP contribution in [0.1, 0.15) is 20.3 Å². The Morgan fingerprint density at radius 3 is 2.59 bits per heavy atom. The fourth-order valence-electron chi connectivity index (χ4n) is 1.42. The summed E-state index contributed by atoms with van der Waals surface area (Å²) in [7, 11) is 1.58. The van der Waals surface area contributed by atoms with Crippen LogP contribution in [0.2, 0.25) is 0 Å². The second-order valence-electron chi connectivity index (χ2n) is 3.94. The topological polar surface area (TPSA) is 78.9 Å². The summed E-state index contributed by atoms with van der Waals surface area (Å²) in [5.41, 5.74) is 0. The van der Waals surface area contributed by atoms with Crippen molar-refractivity contribution in [1.82, 2.24) is 10.2 Å². The number of nitrogens with one attached hydrogen (secondary N) is 1. The van der Waals surface area contributed by atoms with Crippen LogP contribution in [0.25, 0.3) is 0 Å². The lowest BCUT2D eigenvalue weighted by Crippen LogP contribution is -2.43. The van der Waals surface area contributed by atoms with Crippen LogP contribution in [-0.2, 0) is 14.3 Å². The lowest BCUT2D eigenvalue weighted by atomic mass is 10.3. The smallest absolute Gasteiger partial charge is 0.304 e. The van der Waals surface area contributed by atoms with E-state index in [1.165, 1.54) is 0 Å². The molecule has 0 radical (unpaired) electrons. The third kappa shape index (κ3) is 8.65. The zero-order chi connectivity index (χ0) is 13.3. The summed E-state index contributed by atoms with van der Waals surface area (Å²) in [6, 6.07) is -0.0364. The van der Waals surface area contributed by atoms with Gasteiger partial charge in [-0.05, 0) is 13.5 Å². The van der Waals surface area contributed by atoms with Crippen molar-refractivity contribution in [3.8, 4) is 0 Å². The van der Waals surface area contributed by atoms with Gasteiger partial charge in [-0.25, -0.2) is 0 Å². The highest BCUT2D eigenvalue weighted by atomic mass is 16.5. The molecule has 0 aliphatic rings. The predicted octanol–water partition coefficient (Wildman–Crippen LogP) is -0.0659. The number of ether oxygens (including phenoxy) is 1. The standard InChI is InChI=1S/C11H22N2O4/c1-4-13(6-5-11(15)16)7-10(14)12-9(2)8-17-3/h9H,4-8H2,1-3H3,(H,12,14)(H,15,16). The molecule has 0 rings (SSSR count). The van der Waals surface area contributed by atoms with Gasteiger partial charge in [-0.3, -0.25) is 14.5 Å². The summed E-state index contributed by atoms with van der Waals surface area (Å²) in [5, 5.41) is 11.3. The first-order chi connectivity index (χ1) is 7.99. The number of aliphatic carboxylic acids is 1. The molecule has 0 bridgehead atoms. The minimum absolute atomic E-state index is 0.0364. The molecule has 17 heavy (non-hydrogen) atoms. The van der Waals surface area contributed by atoms with Crippen LogP contribution < -0.4 is 5.32 Å². The van der Waals surface area contributed by atoms with Crippen molar-refractivity contribution in [1.29, 1.82) is 0 Å². The van der Waals surface area contributed by atoms with Crippen LogP contribution in [0.15, 0.2) is 0 Å². The lowest BCUT2D eigenvalue weighted by molar-refractivity contribution is -0.137. The molecule has 6 nitrogen and oxygen atoms in total. The Morgan fingerprint density at radius 2 is 2.12 bits per heavy atom. The van der Waals surface area contributed by atoms with Gasteiger partial charge in [-0.1, -0.05) is 6.92 Å². The molecular weight excluding hydrogens is 224 g/mol. The van der Waals surface area contributed by atoms with Gasteiger partial charge >= 0.3 is 5.97 Å². The average molecular weight is 246 g/mol. The molecular formula is C11H22N2O4. The summed E-state index contributed by atoms with van der Waals surface area (Å²) in [5.74, 6) is -0.960. The first-order valence-corrected chi connectivity index (χ1v) is 5.72. The second-order valence-corrected chi connectivity index (χ2v) is 3.94. The highest BCUT2D eigenvalue weighted by Crippen LogP contribution is 1.92. The Kier molecular flexibility index (Phi) is 8.35. The van der Waals surface area contributed by atoms with Crippen molar-refractivity contribution in [3.63, 3.8) is 0 Å². The molecule has 0 saturated carbocycles. The number of carboxylic acids is 1. The number of carboxylic acid groups (broad SMARTS) is 1. The van der Waals surface area contributed by atoms with E-state index in [4.69, 9.17) is 9.84 Å². The molecule has 0 aromatic rings. The molecule has 1 amide bonds. The fourth-order valence-corrected chi connectivity index (χ4v) is 1.42. The summed E-state index contributed by atoms with van der Waals surface area (Å²) in [6.45, 7) is 5.48. The number of carbonyl (C=O) groups excluding carboxylic acids is 1. The number of hydrogen-bond donors (Lipinski definition) is 2. The van der Waals surface area contributed by atoms with Gasteiger partial charge < -0.3 is 15.2 Å². The van der Waals surface area contributed by atoms with Crippen LogP contribution in [0.5, 0.6) is 0 Å². The van der Waals surface area contributed by atoms with E-state index in [1.807, 2.05) is 13.8 Å². The molecule has 1 atom stereocenters. The highest BCUT2D eigenvalue weighted by Gasteiger charge is 2.12. The summed E-state index contributed by atoms with van der Waals surface area (Å²) >= 11 is 0. The summed E-state index contributed by atoms with van der Waals surface area (Å²) in [6.07, 6.45) is 0.0503. The Balaban J connectivity index is 3.92. The highest BCUT2D eigenvalue weighted by molar-refractivity contribution is 5.78. The first-order valence-electron chi connectivity index (χ1n) is 5.72. The fraction of sp³-hybridized carbons (Fsp3) is 0.818. The van der Waals surface area contributed by atoms with E-state index in [2.05, 4.69) is 5.32 Å². The minimum atomic E-state index is -0.850. The molecule has 0 heterocycles. The monoisotopic (exact) mass is 246 g/mol. The number of amides is 1. The van der Waals surface area contributed by atoms with Crippen molar-refractivity contribution in [2.75, 3.05) is 33.4 Å². The third-order valence-corrected chi connectivity index (χ3v) is 2.28. The maximum absolute atomic E-state index is 11.6. The van der Waals surface area contributed by atoms with E-state index >= 15 is 0 Å². The van der Waals surface area contributed by atoms with Crippen molar-refractivity contribution in [2.45, 2.75) is 26.3 Å². The molecule has 6 heteroatoms. The van der Waals surface area contributed by atoms with E-state index in [9.17, 15) is 9.59 Å². The zero-order valence-electron chi connectivity index (χ0n) is 10.7. The van der Waals surface area contributed by atoms with Gasteiger partial charge in [0.15, 0.2) is 0 Å². The number of rotatable bonds is 9. The number of hydrogen-bond acceptors (Lipinski definition) is 4. The second kappa shape index (κ2) is 8.95. The van der Waals surface area contributed by atoms with Crippen molar-refractivity contribution >= 4 is 11.9 Å². The van der Waals surface area contributed by atoms with Gasteiger partial charge in [0.25, 0.3) is 0 Å². The van der Waals surface area contributed by atoms with Crippen molar-refractivity contribution < 1.29 is 19.4 Å². The lowest BCUT2D eigenvalue weighted by Gasteiger charge is -2.20. The SMILES string of the molecule is CCN(CCC(=O)O)CC(=O)NC(C)COC. The van der Waals surface area contributed by atoms with Gasteiger partial charge in [-0.15, -0.1) is 0 Å². The van der Waals surface area contributed by atoms with Crippen molar-refractivity contribution in [2.24, 2.45) is 0 Å².